The minimum absolute atomic E-state index is 0.00764. The Labute approximate surface area is 114 Å². The molecule has 0 N–H and O–H groups in total. The smallest absolute Gasteiger partial charge is 0.240 e. The van der Waals surface area contributed by atoms with Gasteiger partial charge in [-0.25, -0.2) is 0 Å². The molecule has 3 heteroatoms. The van der Waals surface area contributed by atoms with Crippen LogP contribution in [0, 0.1) is 17.2 Å². The zero-order chi connectivity index (χ0) is 13.5. The van der Waals surface area contributed by atoms with Crippen molar-refractivity contribution in [1.82, 2.24) is 4.90 Å². The molecule has 1 atom stereocenters. The standard InChI is InChI=1S/C16H20N2O/c17-13-15(12-14-8-4-3-5-9-14)16(19)18-10-6-1-2-7-11-18/h3-5,8-9,15H,1-2,6-7,10-12H2. The van der Waals surface area contributed by atoms with E-state index >= 15 is 0 Å². The molecule has 100 valence electrons. The molecule has 1 heterocycles. The molecule has 19 heavy (non-hydrogen) atoms. The maximum atomic E-state index is 12.4. The number of hydrogen-bond acceptors (Lipinski definition) is 2. The molecule has 1 aromatic carbocycles. The number of likely N-dealkylation sites (tertiary alicyclic amines) is 1. The first-order chi connectivity index (χ1) is 9.31. The second-order valence-corrected chi connectivity index (χ2v) is 5.11. The van der Waals surface area contributed by atoms with Crippen molar-refractivity contribution in [1.29, 1.82) is 5.26 Å². The fourth-order valence-corrected chi connectivity index (χ4v) is 2.55. The van der Waals surface area contributed by atoms with Crippen molar-refractivity contribution in [3.8, 4) is 6.07 Å². The van der Waals surface area contributed by atoms with E-state index in [0.717, 1.165) is 31.5 Å². The largest absolute Gasteiger partial charge is 0.342 e. The minimum Gasteiger partial charge on any atom is -0.342 e. The molecule has 2 rings (SSSR count). The summed E-state index contributed by atoms with van der Waals surface area (Å²) in [5.41, 5.74) is 1.05. The number of rotatable bonds is 3. The van der Waals surface area contributed by atoms with Crippen LogP contribution in [0.4, 0.5) is 0 Å². The van der Waals surface area contributed by atoms with E-state index in [2.05, 4.69) is 6.07 Å². The fraction of sp³-hybridized carbons (Fsp3) is 0.500. The normalized spacial score (nSPS) is 17.3. The summed E-state index contributed by atoms with van der Waals surface area (Å²) in [6.07, 6.45) is 5.04. The van der Waals surface area contributed by atoms with Gasteiger partial charge in [-0.3, -0.25) is 4.79 Å². The number of nitriles is 1. The zero-order valence-corrected chi connectivity index (χ0v) is 11.2. The SMILES string of the molecule is N#CC(Cc1ccccc1)C(=O)N1CCCCCC1. The van der Waals surface area contributed by atoms with Crippen LogP contribution in [0.25, 0.3) is 0 Å². The van der Waals surface area contributed by atoms with Gasteiger partial charge in [0, 0.05) is 13.1 Å². The molecule has 0 saturated carbocycles. The Morgan fingerprint density at radius 1 is 1.16 bits per heavy atom. The molecule has 0 spiro atoms. The van der Waals surface area contributed by atoms with Crippen molar-refractivity contribution in [2.75, 3.05) is 13.1 Å². The Morgan fingerprint density at radius 3 is 2.37 bits per heavy atom. The van der Waals surface area contributed by atoms with E-state index in [1.807, 2.05) is 35.2 Å². The third-order valence-electron chi connectivity index (χ3n) is 3.65. The van der Waals surface area contributed by atoms with Crippen molar-refractivity contribution in [3.63, 3.8) is 0 Å². The molecular formula is C16H20N2O. The van der Waals surface area contributed by atoms with Crippen molar-refractivity contribution >= 4 is 5.91 Å². The summed E-state index contributed by atoms with van der Waals surface area (Å²) in [5.74, 6) is -0.534. The first kappa shape index (κ1) is 13.6. The molecule has 1 aliphatic rings. The molecule has 3 nitrogen and oxygen atoms in total. The predicted molar refractivity (Wildman–Crippen MR) is 74.3 cm³/mol. The van der Waals surface area contributed by atoms with Crippen molar-refractivity contribution in [2.24, 2.45) is 5.92 Å². The summed E-state index contributed by atoms with van der Waals surface area (Å²) < 4.78 is 0. The Bertz CT molecular complexity index is 442. The second kappa shape index (κ2) is 6.94. The minimum atomic E-state index is -0.541. The molecule has 0 radical (unpaired) electrons. The van der Waals surface area contributed by atoms with Crippen LogP contribution in [0.1, 0.15) is 31.2 Å². The number of benzene rings is 1. The first-order valence-corrected chi connectivity index (χ1v) is 7.03. The Kier molecular flexibility index (Phi) is 4.97. The van der Waals surface area contributed by atoms with E-state index in [-0.39, 0.29) is 5.91 Å². The highest BCUT2D eigenvalue weighted by molar-refractivity contribution is 5.81. The van der Waals surface area contributed by atoms with Gasteiger partial charge >= 0.3 is 0 Å². The molecular weight excluding hydrogens is 236 g/mol. The van der Waals surface area contributed by atoms with Crippen LogP contribution in [0.2, 0.25) is 0 Å². The Hall–Kier alpha value is -1.82. The average molecular weight is 256 g/mol. The Morgan fingerprint density at radius 2 is 1.79 bits per heavy atom. The van der Waals surface area contributed by atoms with Crippen LogP contribution in [0.5, 0.6) is 0 Å². The molecule has 1 aromatic rings. The van der Waals surface area contributed by atoms with Crippen molar-refractivity contribution in [3.05, 3.63) is 35.9 Å². The number of carbonyl (C=O) groups is 1. The van der Waals surface area contributed by atoms with Gasteiger partial charge in [0.1, 0.15) is 5.92 Å². The molecule has 1 aliphatic heterocycles. The van der Waals surface area contributed by atoms with Crippen LogP contribution >= 0.6 is 0 Å². The quantitative estimate of drug-likeness (QED) is 0.834. The first-order valence-electron chi connectivity index (χ1n) is 7.03. The zero-order valence-electron chi connectivity index (χ0n) is 11.2. The van der Waals surface area contributed by atoms with Gasteiger partial charge in [0.25, 0.3) is 0 Å². The lowest BCUT2D eigenvalue weighted by molar-refractivity contribution is -0.133. The summed E-state index contributed by atoms with van der Waals surface area (Å²) >= 11 is 0. The highest BCUT2D eigenvalue weighted by Crippen LogP contribution is 2.15. The molecule has 0 aromatic heterocycles. The van der Waals surface area contributed by atoms with Gasteiger partial charge in [0.2, 0.25) is 5.91 Å². The summed E-state index contributed by atoms with van der Waals surface area (Å²) in [6.45, 7) is 1.62. The number of nitrogens with zero attached hydrogens (tertiary/aromatic N) is 2. The van der Waals surface area contributed by atoms with Gasteiger partial charge in [-0.1, -0.05) is 43.2 Å². The van der Waals surface area contributed by atoms with Crippen LogP contribution < -0.4 is 0 Å². The maximum absolute atomic E-state index is 12.4. The van der Waals surface area contributed by atoms with Gasteiger partial charge in [-0.05, 0) is 24.8 Å². The van der Waals surface area contributed by atoms with Crippen LogP contribution in [-0.4, -0.2) is 23.9 Å². The Balaban J connectivity index is 2.00. The van der Waals surface area contributed by atoms with E-state index in [1.165, 1.54) is 12.8 Å². The monoisotopic (exact) mass is 256 g/mol. The summed E-state index contributed by atoms with van der Waals surface area (Å²) in [6, 6.07) is 12.0. The van der Waals surface area contributed by atoms with Crippen molar-refractivity contribution < 1.29 is 4.79 Å². The lowest BCUT2D eigenvalue weighted by Crippen LogP contribution is -2.37. The molecule has 1 amide bonds. The third kappa shape index (κ3) is 3.82. The third-order valence-corrected chi connectivity index (χ3v) is 3.65. The van der Waals surface area contributed by atoms with Gasteiger partial charge in [0.15, 0.2) is 0 Å². The number of hydrogen-bond donors (Lipinski definition) is 0. The van der Waals surface area contributed by atoms with Gasteiger partial charge in [-0.15, -0.1) is 0 Å². The van der Waals surface area contributed by atoms with Crippen LogP contribution in [0.15, 0.2) is 30.3 Å². The van der Waals surface area contributed by atoms with E-state index < -0.39 is 5.92 Å². The molecule has 1 unspecified atom stereocenters. The molecule has 1 saturated heterocycles. The molecule has 0 bridgehead atoms. The second-order valence-electron chi connectivity index (χ2n) is 5.11. The summed E-state index contributed by atoms with van der Waals surface area (Å²) in [7, 11) is 0. The lowest BCUT2D eigenvalue weighted by Gasteiger charge is -2.22. The van der Waals surface area contributed by atoms with E-state index in [9.17, 15) is 10.1 Å². The summed E-state index contributed by atoms with van der Waals surface area (Å²) in [4.78, 5) is 14.3. The summed E-state index contributed by atoms with van der Waals surface area (Å²) in [5, 5.41) is 9.26. The maximum Gasteiger partial charge on any atom is 0.240 e. The number of amides is 1. The predicted octanol–water partition coefficient (Wildman–Crippen LogP) is 2.77. The topological polar surface area (TPSA) is 44.1 Å². The van der Waals surface area contributed by atoms with Gasteiger partial charge in [0.05, 0.1) is 6.07 Å². The van der Waals surface area contributed by atoms with Crippen LogP contribution in [0.3, 0.4) is 0 Å². The number of carbonyl (C=O) groups excluding carboxylic acids is 1. The van der Waals surface area contributed by atoms with Gasteiger partial charge < -0.3 is 4.90 Å². The highest BCUT2D eigenvalue weighted by atomic mass is 16.2. The average Bonchev–Trinajstić information content (AvgIpc) is 2.74. The van der Waals surface area contributed by atoms with E-state index in [0.29, 0.717) is 6.42 Å². The molecule has 0 aliphatic carbocycles. The van der Waals surface area contributed by atoms with Gasteiger partial charge in [-0.2, -0.15) is 5.26 Å². The molecule has 1 fully saturated rings. The van der Waals surface area contributed by atoms with Crippen molar-refractivity contribution in [2.45, 2.75) is 32.1 Å². The lowest BCUT2D eigenvalue weighted by atomic mass is 9.99. The highest BCUT2D eigenvalue weighted by Gasteiger charge is 2.24. The van der Waals surface area contributed by atoms with Crippen LogP contribution in [-0.2, 0) is 11.2 Å². The fourth-order valence-electron chi connectivity index (χ4n) is 2.55. The van der Waals surface area contributed by atoms with E-state index in [1.54, 1.807) is 0 Å². The van der Waals surface area contributed by atoms with E-state index in [4.69, 9.17) is 0 Å².